The minimum absolute atomic E-state index is 0.162. The van der Waals surface area contributed by atoms with Gasteiger partial charge in [0.15, 0.2) is 11.5 Å². The van der Waals surface area contributed by atoms with Crippen LogP contribution in [-0.2, 0) is 4.79 Å². The van der Waals surface area contributed by atoms with Gasteiger partial charge in [0.25, 0.3) is 0 Å². The van der Waals surface area contributed by atoms with E-state index in [4.69, 9.17) is 18.9 Å². The first kappa shape index (κ1) is 22.2. The van der Waals surface area contributed by atoms with Gasteiger partial charge in [0.1, 0.15) is 10.8 Å². The number of para-hydroxylation sites is 2. The summed E-state index contributed by atoms with van der Waals surface area (Å²) in [5.74, 6) is 2.21. The number of anilines is 1. The van der Waals surface area contributed by atoms with Gasteiger partial charge in [-0.1, -0.05) is 23.9 Å². The molecule has 0 aliphatic rings. The third-order valence-electron chi connectivity index (χ3n) is 4.33. The third kappa shape index (κ3) is 5.37. The summed E-state index contributed by atoms with van der Waals surface area (Å²) in [4.78, 5) is 12.3. The second-order valence-corrected chi connectivity index (χ2v) is 7.20. The zero-order valence-electron chi connectivity index (χ0n) is 17.7. The number of nitrogens with one attached hydrogen (secondary N) is 1. The Morgan fingerprint density at radius 3 is 2.13 bits per heavy atom. The lowest BCUT2D eigenvalue weighted by Crippen LogP contribution is -2.14. The van der Waals surface area contributed by atoms with Gasteiger partial charge >= 0.3 is 0 Å². The number of nitrogens with zero attached hydrogens (tertiary/aromatic N) is 2. The highest BCUT2D eigenvalue weighted by molar-refractivity contribution is 7.99. The number of ether oxygens (including phenoxy) is 4. The number of amides is 1. The van der Waals surface area contributed by atoms with Crippen LogP contribution in [0.2, 0.25) is 0 Å². The first-order valence-corrected chi connectivity index (χ1v) is 10.3. The second-order valence-electron chi connectivity index (χ2n) is 6.21. The summed E-state index contributed by atoms with van der Waals surface area (Å²) in [5, 5.41) is 12.0. The summed E-state index contributed by atoms with van der Waals surface area (Å²) in [6, 6.07) is 14.5. The second kappa shape index (κ2) is 10.5. The van der Waals surface area contributed by atoms with Crippen molar-refractivity contribution in [3.05, 3.63) is 48.5 Å². The first-order chi connectivity index (χ1) is 15.1. The number of methoxy groups -OCH3 is 4. The van der Waals surface area contributed by atoms with Crippen LogP contribution in [0.25, 0.3) is 11.3 Å². The average Bonchev–Trinajstić information content (AvgIpc) is 2.82. The maximum atomic E-state index is 12.3. The van der Waals surface area contributed by atoms with E-state index in [0.717, 1.165) is 5.56 Å². The molecule has 1 N–H and O–H groups in total. The fourth-order valence-electron chi connectivity index (χ4n) is 2.85. The topological polar surface area (TPSA) is 91.8 Å². The van der Waals surface area contributed by atoms with Gasteiger partial charge in [0, 0.05) is 5.56 Å². The van der Waals surface area contributed by atoms with Crippen LogP contribution in [0.3, 0.4) is 0 Å². The van der Waals surface area contributed by atoms with Gasteiger partial charge in [-0.15, -0.1) is 10.2 Å². The van der Waals surface area contributed by atoms with Crippen LogP contribution < -0.4 is 24.3 Å². The standard InChI is InChI=1S/C22H23N3O5S/c1-27-17-8-6-5-7-16(17)23-20(26)13-31-21-10-9-15(24-25-21)14-11-18(28-2)22(30-4)19(12-14)29-3/h5-12H,13H2,1-4H3,(H,23,26). The van der Waals surface area contributed by atoms with Crippen LogP contribution in [-0.4, -0.2) is 50.3 Å². The van der Waals surface area contributed by atoms with E-state index in [-0.39, 0.29) is 11.7 Å². The summed E-state index contributed by atoms with van der Waals surface area (Å²) >= 11 is 1.29. The molecule has 0 spiro atoms. The van der Waals surface area contributed by atoms with Gasteiger partial charge in [0.05, 0.1) is 45.6 Å². The Morgan fingerprint density at radius 2 is 1.55 bits per heavy atom. The molecule has 0 saturated heterocycles. The molecule has 0 fully saturated rings. The van der Waals surface area contributed by atoms with E-state index in [1.54, 1.807) is 52.7 Å². The Hall–Kier alpha value is -3.46. The van der Waals surface area contributed by atoms with Crippen molar-refractivity contribution in [3.63, 3.8) is 0 Å². The number of hydrogen-bond acceptors (Lipinski definition) is 8. The molecule has 1 heterocycles. The largest absolute Gasteiger partial charge is 0.495 e. The Kier molecular flexibility index (Phi) is 7.55. The molecule has 31 heavy (non-hydrogen) atoms. The predicted octanol–water partition coefficient (Wildman–Crippen LogP) is 3.91. The summed E-state index contributed by atoms with van der Waals surface area (Å²) in [5.41, 5.74) is 2.04. The van der Waals surface area contributed by atoms with E-state index in [1.165, 1.54) is 11.8 Å². The van der Waals surface area contributed by atoms with E-state index >= 15 is 0 Å². The molecule has 8 nitrogen and oxygen atoms in total. The molecule has 0 atom stereocenters. The van der Waals surface area contributed by atoms with Crippen LogP contribution in [0, 0.1) is 0 Å². The molecule has 3 aromatic rings. The van der Waals surface area contributed by atoms with Gasteiger partial charge in [0.2, 0.25) is 11.7 Å². The Morgan fingerprint density at radius 1 is 0.871 bits per heavy atom. The van der Waals surface area contributed by atoms with Crippen LogP contribution >= 0.6 is 11.8 Å². The van der Waals surface area contributed by atoms with Crippen molar-refractivity contribution < 1.29 is 23.7 Å². The molecule has 1 amide bonds. The van der Waals surface area contributed by atoms with Crippen molar-refractivity contribution in [1.82, 2.24) is 10.2 Å². The molecule has 0 saturated carbocycles. The van der Waals surface area contributed by atoms with Crippen molar-refractivity contribution >= 4 is 23.4 Å². The number of thioether (sulfide) groups is 1. The Bertz CT molecular complexity index is 1020. The number of rotatable bonds is 9. The molecule has 0 aliphatic carbocycles. The van der Waals surface area contributed by atoms with Gasteiger partial charge in [-0.25, -0.2) is 0 Å². The Balaban J connectivity index is 1.67. The van der Waals surface area contributed by atoms with Crippen LogP contribution in [0.5, 0.6) is 23.0 Å². The molecule has 0 bridgehead atoms. The van der Waals surface area contributed by atoms with E-state index < -0.39 is 0 Å². The van der Waals surface area contributed by atoms with Gasteiger partial charge < -0.3 is 24.3 Å². The molecule has 0 radical (unpaired) electrons. The normalized spacial score (nSPS) is 10.3. The molecule has 0 aliphatic heterocycles. The summed E-state index contributed by atoms with van der Waals surface area (Å²) < 4.78 is 21.4. The summed E-state index contributed by atoms with van der Waals surface area (Å²) in [6.07, 6.45) is 0. The smallest absolute Gasteiger partial charge is 0.234 e. The van der Waals surface area contributed by atoms with Gasteiger partial charge in [-0.2, -0.15) is 0 Å². The minimum atomic E-state index is -0.162. The first-order valence-electron chi connectivity index (χ1n) is 9.29. The number of hydrogen-bond donors (Lipinski definition) is 1. The average molecular weight is 442 g/mol. The SMILES string of the molecule is COc1ccccc1NC(=O)CSc1ccc(-c2cc(OC)c(OC)c(OC)c2)nn1. The minimum Gasteiger partial charge on any atom is -0.495 e. The van der Waals surface area contributed by atoms with E-state index in [0.29, 0.717) is 39.4 Å². The van der Waals surface area contributed by atoms with Crippen LogP contribution in [0.15, 0.2) is 53.6 Å². The lowest BCUT2D eigenvalue weighted by Gasteiger charge is -2.13. The molecule has 3 rings (SSSR count). The molecule has 1 aromatic heterocycles. The zero-order valence-corrected chi connectivity index (χ0v) is 18.5. The van der Waals surface area contributed by atoms with Crippen molar-refractivity contribution in [1.29, 1.82) is 0 Å². The monoisotopic (exact) mass is 441 g/mol. The molecular formula is C22H23N3O5S. The van der Waals surface area contributed by atoms with Crippen LogP contribution in [0.4, 0.5) is 5.69 Å². The highest BCUT2D eigenvalue weighted by Gasteiger charge is 2.15. The third-order valence-corrected chi connectivity index (χ3v) is 5.25. The van der Waals surface area contributed by atoms with Crippen molar-refractivity contribution in [2.75, 3.05) is 39.5 Å². The highest BCUT2D eigenvalue weighted by Crippen LogP contribution is 2.40. The van der Waals surface area contributed by atoms with Gasteiger partial charge in [-0.05, 0) is 36.4 Å². The Labute approximate surface area is 184 Å². The van der Waals surface area contributed by atoms with E-state index in [2.05, 4.69) is 15.5 Å². The summed E-state index contributed by atoms with van der Waals surface area (Å²) in [6.45, 7) is 0. The van der Waals surface area contributed by atoms with Crippen LogP contribution in [0.1, 0.15) is 0 Å². The van der Waals surface area contributed by atoms with Crippen molar-refractivity contribution in [2.24, 2.45) is 0 Å². The number of carbonyl (C=O) groups excluding carboxylic acids is 1. The molecule has 0 unspecified atom stereocenters. The number of carbonyl (C=O) groups is 1. The maximum absolute atomic E-state index is 12.3. The van der Waals surface area contributed by atoms with E-state index in [1.807, 2.05) is 24.3 Å². The lowest BCUT2D eigenvalue weighted by atomic mass is 10.1. The number of aromatic nitrogens is 2. The lowest BCUT2D eigenvalue weighted by molar-refractivity contribution is -0.113. The molecular weight excluding hydrogens is 418 g/mol. The number of benzene rings is 2. The van der Waals surface area contributed by atoms with Crippen molar-refractivity contribution in [3.8, 4) is 34.3 Å². The highest BCUT2D eigenvalue weighted by atomic mass is 32.2. The predicted molar refractivity (Wildman–Crippen MR) is 119 cm³/mol. The molecule has 162 valence electrons. The molecule has 9 heteroatoms. The zero-order chi connectivity index (χ0) is 22.2. The molecule has 2 aromatic carbocycles. The maximum Gasteiger partial charge on any atom is 0.234 e. The fourth-order valence-corrected chi connectivity index (χ4v) is 3.47. The quantitative estimate of drug-likeness (QED) is 0.500. The van der Waals surface area contributed by atoms with Gasteiger partial charge in [-0.3, -0.25) is 4.79 Å². The fraction of sp³-hybridized carbons (Fsp3) is 0.227. The van der Waals surface area contributed by atoms with E-state index in [9.17, 15) is 4.79 Å². The summed E-state index contributed by atoms with van der Waals surface area (Å²) in [7, 11) is 6.23. The van der Waals surface area contributed by atoms with Crippen molar-refractivity contribution in [2.45, 2.75) is 5.03 Å².